The van der Waals surface area contributed by atoms with Crippen molar-refractivity contribution in [3.05, 3.63) is 64.2 Å². The minimum absolute atomic E-state index is 0.525. The maximum atomic E-state index is 13.3. The third kappa shape index (κ3) is 3.72. The minimum atomic E-state index is -3.43. The Balaban J connectivity index is 1.77. The zero-order chi connectivity index (χ0) is 18.9. The first-order valence-corrected chi connectivity index (χ1v) is 10.9. The molecular weight excluding hydrogens is 342 g/mol. The summed E-state index contributed by atoms with van der Waals surface area (Å²) in [5.41, 5.74) is 5.21. The number of aryl methyl sites for hydroxylation is 2. The molecule has 4 heteroatoms. The molecule has 1 aliphatic heterocycles. The number of piperidine rings is 1. The summed E-state index contributed by atoms with van der Waals surface area (Å²) >= 11 is 0. The predicted molar refractivity (Wildman–Crippen MR) is 107 cm³/mol. The molecule has 3 rings (SSSR count). The quantitative estimate of drug-likeness (QED) is 0.790. The van der Waals surface area contributed by atoms with Gasteiger partial charge in [-0.2, -0.15) is 4.31 Å². The lowest BCUT2D eigenvalue weighted by molar-refractivity contribution is 0.272. The molecule has 140 valence electrons. The number of benzene rings is 2. The van der Waals surface area contributed by atoms with Crippen LogP contribution in [-0.4, -0.2) is 25.8 Å². The van der Waals surface area contributed by atoms with E-state index < -0.39 is 10.0 Å². The maximum Gasteiger partial charge on any atom is 0.243 e. The molecule has 0 bridgehead atoms. The molecule has 2 aromatic rings. The normalized spacial score (nSPS) is 16.8. The Morgan fingerprint density at radius 1 is 0.923 bits per heavy atom. The summed E-state index contributed by atoms with van der Waals surface area (Å²) in [5.74, 6) is 0.560. The molecule has 26 heavy (non-hydrogen) atoms. The van der Waals surface area contributed by atoms with E-state index in [4.69, 9.17) is 0 Å². The Kier molecular flexibility index (Phi) is 5.54. The summed E-state index contributed by atoms with van der Waals surface area (Å²) in [6, 6.07) is 12.6. The molecule has 0 aromatic heterocycles. The first-order valence-electron chi connectivity index (χ1n) is 9.42. The summed E-state index contributed by atoms with van der Waals surface area (Å²) in [7, 11) is -3.43. The van der Waals surface area contributed by atoms with Crippen molar-refractivity contribution in [2.45, 2.75) is 51.9 Å². The Labute approximate surface area is 158 Å². The Morgan fingerprint density at radius 2 is 1.46 bits per heavy atom. The molecule has 3 nitrogen and oxygen atoms in total. The van der Waals surface area contributed by atoms with E-state index in [2.05, 4.69) is 30.3 Å². The second-order valence-corrected chi connectivity index (χ2v) is 9.50. The third-order valence-corrected chi connectivity index (χ3v) is 8.01. The van der Waals surface area contributed by atoms with Crippen LogP contribution in [0.3, 0.4) is 0 Å². The van der Waals surface area contributed by atoms with E-state index in [-0.39, 0.29) is 0 Å². The zero-order valence-corrected chi connectivity index (χ0v) is 17.1. The van der Waals surface area contributed by atoms with Crippen molar-refractivity contribution in [2.75, 3.05) is 13.1 Å². The zero-order valence-electron chi connectivity index (χ0n) is 16.2. The van der Waals surface area contributed by atoms with Gasteiger partial charge in [-0.1, -0.05) is 36.4 Å². The molecule has 1 heterocycles. The largest absolute Gasteiger partial charge is 0.243 e. The molecule has 0 N–H and O–H groups in total. The number of rotatable bonds is 4. The molecule has 0 amide bonds. The van der Waals surface area contributed by atoms with Gasteiger partial charge in [0.05, 0.1) is 4.90 Å². The van der Waals surface area contributed by atoms with Crippen LogP contribution in [0.25, 0.3) is 0 Å². The number of sulfonamides is 1. The first kappa shape index (κ1) is 19.1. The van der Waals surface area contributed by atoms with E-state index in [0.29, 0.717) is 23.9 Å². The lowest BCUT2D eigenvalue weighted by Gasteiger charge is -2.32. The second kappa shape index (κ2) is 7.53. The number of nitrogens with zero attached hydrogens (tertiary/aromatic N) is 1. The minimum Gasteiger partial charge on any atom is -0.207 e. The molecule has 2 aromatic carbocycles. The van der Waals surface area contributed by atoms with Crippen LogP contribution in [-0.2, 0) is 16.4 Å². The third-order valence-electron chi connectivity index (χ3n) is 5.84. The van der Waals surface area contributed by atoms with Crippen LogP contribution in [0.2, 0.25) is 0 Å². The Morgan fingerprint density at radius 3 is 2.00 bits per heavy atom. The van der Waals surface area contributed by atoms with Gasteiger partial charge in [-0.3, -0.25) is 0 Å². The van der Waals surface area contributed by atoms with Gasteiger partial charge in [0.1, 0.15) is 0 Å². The van der Waals surface area contributed by atoms with E-state index in [1.807, 2.05) is 33.8 Å². The van der Waals surface area contributed by atoms with Gasteiger partial charge < -0.3 is 0 Å². The Hall–Kier alpha value is -1.65. The van der Waals surface area contributed by atoms with Crippen LogP contribution in [0.1, 0.15) is 40.7 Å². The fourth-order valence-corrected chi connectivity index (χ4v) is 6.04. The van der Waals surface area contributed by atoms with Crippen molar-refractivity contribution in [1.29, 1.82) is 0 Å². The van der Waals surface area contributed by atoms with Gasteiger partial charge in [-0.05, 0) is 80.7 Å². The second-order valence-electron chi connectivity index (χ2n) is 7.63. The predicted octanol–water partition coefficient (Wildman–Crippen LogP) is 4.56. The van der Waals surface area contributed by atoms with E-state index in [9.17, 15) is 8.42 Å². The monoisotopic (exact) mass is 371 g/mol. The maximum absolute atomic E-state index is 13.3. The highest BCUT2D eigenvalue weighted by Crippen LogP contribution is 2.31. The van der Waals surface area contributed by atoms with Gasteiger partial charge in [-0.15, -0.1) is 0 Å². The van der Waals surface area contributed by atoms with Crippen LogP contribution in [0.15, 0.2) is 41.3 Å². The van der Waals surface area contributed by atoms with E-state index in [1.54, 1.807) is 4.31 Å². The van der Waals surface area contributed by atoms with E-state index >= 15 is 0 Å². The van der Waals surface area contributed by atoms with Crippen molar-refractivity contribution in [3.63, 3.8) is 0 Å². The standard InChI is InChI=1S/C22H29NO2S/c1-16-14-17(2)19(4)22(18(16)3)26(24,25)23-12-10-21(11-13-23)15-20-8-6-5-7-9-20/h5-9,14,21H,10-13,15H2,1-4H3. The smallest absolute Gasteiger partial charge is 0.207 e. The van der Waals surface area contributed by atoms with Gasteiger partial charge in [0.25, 0.3) is 0 Å². The highest BCUT2D eigenvalue weighted by molar-refractivity contribution is 7.89. The van der Waals surface area contributed by atoms with Gasteiger partial charge in [0, 0.05) is 13.1 Å². The van der Waals surface area contributed by atoms with Crippen molar-refractivity contribution in [1.82, 2.24) is 4.31 Å². The van der Waals surface area contributed by atoms with Crippen molar-refractivity contribution >= 4 is 10.0 Å². The molecule has 1 fully saturated rings. The highest BCUT2D eigenvalue weighted by Gasteiger charge is 2.32. The van der Waals surface area contributed by atoms with Gasteiger partial charge >= 0.3 is 0 Å². The molecule has 0 radical (unpaired) electrons. The van der Waals surface area contributed by atoms with Crippen molar-refractivity contribution in [2.24, 2.45) is 5.92 Å². The van der Waals surface area contributed by atoms with Gasteiger partial charge in [-0.25, -0.2) is 8.42 Å². The molecule has 1 saturated heterocycles. The highest BCUT2D eigenvalue weighted by atomic mass is 32.2. The van der Waals surface area contributed by atoms with Crippen LogP contribution < -0.4 is 0 Å². The van der Waals surface area contributed by atoms with Crippen LogP contribution in [0.5, 0.6) is 0 Å². The summed E-state index contributed by atoms with van der Waals surface area (Å²) in [6.07, 6.45) is 2.89. The molecule has 0 aliphatic carbocycles. The SMILES string of the molecule is Cc1cc(C)c(C)c(S(=O)(=O)N2CCC(Cc3ccccc3)CC2)c1C. The number of hydrogen-bond acceptors (Lipinski definition) is 2. The van der Waals surface area contributed by atoms with E-state index in [0.717, 1.165) is 41.5 Å². The van der Waals surface area contributed by atoms with Gasteiger partial charge in [0.2, 0.25) is 10.0 Å². The molecular formula is C22H29NO2S. The summed E-state index contributed by atoms with van der Waals surface area (Å²) in [6.45, 7) is 9.07. The summed E-state index contributed by atoms with van der Waals surface area (Å²) in [5, 5.41) is 0. The summed E-state index contributed by atoms with van der Waals surface area (Å²) < 4.78 is 28.3. The van der Waals surface area contributed by atoms with Crippen molar-refractivity contribution < 1.29 is 8.42 Å². The van der Waals surface area contributed by atoms with Crippen LogP contribution in [0, 0.1) is 33.6 Å². The average molecular weight is 372 g/mol. The van der Waals surface area contributed by atoms with E-state index in [1.165, 1.54) is 5.56 Å². The topological polar surface area (TPSA) is 37.4 Å². The molecule has 0 saturated carbocycles. The number of hydrogen-bond donors (Lipinski definition) is 0. The molecule has 0 unspecified atom stereocenters. The molecule has 1 aliphatic rings. The van der Waals surface area contributed by atoms with Crippen LogP contribution in [0.4, 0.5) is 0 Å². The van der Waals surface area contributed by atoms with Crippen LogP contribution >= 0.6 is 0 Å². The fourth-order valence-electron chi connectivity index (χ4n) is 4.00. The first-order chi connectivity index (χ1) is 12.3. The molecule has 0 spiro atoms. The van der Waals surface area contributed by atoms with Gasteiger partial charge in [0.15, 0.2) is 0 Å². The summed E-state index contributed by atoms with van der Waals surface area (Å²) in [4.78, 5) is 0.525. The Bertz CT molecular complexity index is 854. The molecule has 0 atom stereocenters. The fraction of sp³-hybridized carbons (Fsp3) is 0.455. The lowest BCUT2D eigenvalue weighted by atomic mass is 9.91. The lowest BCUT2D eigenvalue weighted by Crippen LogP contribution is -2.39. The van der Waals surface area contributed by atoms with Crippen molar-refractivity contribution in [3.8, 4) is 0 Å². The average Bonchev–Trinajstić information content (AvgIpc) is 2.61.